The van der Waals surface area contributed by atoms with Gasteiger partial charge in [0.2, 0.25) is 5.91 Å². The van der Waals surface area contributed by atoms with Gasteiger partial charge in [0.25, 0.3) is 0 Å². The zero-order valence-electron chi connectivity index (χ0n) is 12.0. The lowest BCUT2D eigenvalue weighted by molar-refractivity contribution is -0.121. The minimum Gasteiger partial charge on any atom is -0.488 e. The third kappa shape index (κ3) is 4.35. The summed E-state index contributed by atoms with van der Waals surface area (Å²) in [5, 5.41) is 7.12. The number of halogens is 1. The summed E-state index contributed by atoms with van der Waals surface area (Å²) < 4.78 is 5.85. The average molecular weight is 309 g/mol. The molecule has 1 aromatic carbocycles. The van der Waals surface area contributed by atoms with Crippen molar-refractivity contribution in [2.24, 2.45) is 0 Å². The fourth-order valence-electron chi connectivity index (χ4n) is 2.57. The zero-order valence-corrected chi connectivity index (χ0v) is 12.8. The molecule has 4 nitrogen and oxygen atoms in total. The maximum absolute atomic E-state index is 11.5. The first-order chi connectivity index (χ1) is 10.2. The number of benzene rings is 1. The second kappa shape index (κ2) is 6.67. The molecule has 0 radical (unpaired) electrons. The van der Waals surface area contributed by atoms with Crippen LogP contribution in [0.1, 0.15) is 31.2 Å². The molecule has 21 heavy (non-hydrogen) atoms. The Balaban J connectivity index is 1.29. The summed E-state index contributed by atoms with van der Waals surface area (Å²) in [5.74, 6) is 1.12. The van der Waals surface area contributed by atoms with E-state index in [-0.39, 0.29) is 12.0 Å². The fourth-order valence-corrected chi connectivity index (χ4v) is 2.76. The maximum Gasteiger partial charge on any atom is 0.220 e. The second-order valence-electron chi connectivity index (χ2n) is 5.85. The number of fused-ring (bicyclic) bond motifs is 1. The van der Waals surface area contributed by atoms with Gasteiger partial charge in [0.1, 0.15) is 11.9 Å². The van der Waals surface area contributed by atoms with Gasteiger partial charge in [-0.3, -0.25) is 4.79 Å². The summed E-state index contributed by atoms with van der Waals surface area (Å²) in [6, 6.07) is 6.22. The molecule has 114 valence electrons. The molecule has 1 aliphatic carbocycles. The maximum atomic E-state index is 11.5. The summed E-state index contributed by atoms with van der Waals surface area (Å²) in [4.78, 5) is 11.5. The number of nitrogens with one attached hydrogen (secondary N) is 2. The Morgan fingerprint density at radius 2 is 2.24 bits per heavy atom. The molecular formula is C16H21ClN2O2. The summed E-state index contributed by atoms with van der Waals surface area (Å²) >= 11 is 5.98. The van der Waals surface area contributed by atoms with E-state index in [0.717, 1.165) is 49.5 Å². The van der Waals surface area contributed by atoms with Crippen LogP contribution in [-0.4, -0.2) is 31.1 Å². The van der Waals surface area contributed by atoms with Crippen molar-refractivity contribution in [2.45, 2.75) is 44.2 Å². The number of rotatable bonds is 7. The van der Waals surface area contributed by atoms with E-state index in [9.17, 15) is 4.79 Å². The first-order valence-electron chi connectivity index (χ1n) is 7.66. The van der Waals surface area contributed by atoms with Gasteiger partial charge in [0.05, 0.1) is 0 Å². The molecule has 1 aliphatic heterocycles. The highest BCUT2D eigenvalue weighted by molar-refractivity contribution is 6.30. The minimum absolute atomic E-state index is 0.166. The molecular weight excluding hydrogens is 288 g/mol. The van der Waals surface area contributed by atoms with Crippen molar-refractivity contribution < 1.29 is 9.53 Å². The molecule has 1 aromatic rings. The highest BCUT2D eigenvalue weighted by atomic mass is 35.5. The van der Waals surface area contributed by atoms with Crippen molar-refractivity contribution in [3.05, 3.63) is 28.8 Å². The van der Waals surface area contributed by atoms with Crippen molar-refractivity contribution in [3.63, 3.8) is 0 Å². The molecule has 1 atom stereocenters. The van der Waals surface area contributed by atoms with Gasteiger partial charge in [-0.25, -0.2) is 0 Å². The van der Waals surface area contributed by atoms with E-state index in [2.05, 4.69) is 10.6 Å². The normalized spacial score (nSPS) is 20.0. The van der Waals surface area contributed by atoms with Gasteiger partial charge in [-0.1, -0.05) is 11.6 Å². The van der Waals surface area contributed by atoms with Crippen LogP contribution in [0.4, 0.5) is 0 Å². The molecule has 1 amide bonds. The Labute approximate surface area is 130 Å². The number of hydrogen-bond acceptors (Lipinski definition) is 3. The topological polar surface area (TPSA) is 50.4 Å². The summed E-state index contributed by atoms with van der Waals surface area (Å²) in [6.07, 6.45) is 4.82. The third-order valence-corrected chi connectivity index (χ3v) is 4.07. The monoisotopic (exact) mass is 308 g/mol. The fraction of sp³-hybridized carbons (Fsp3) is 0.562. The first-order valence-corrected chi connectivity index (χ1v) is 8.03. The molecule has 1 saturated carbocycles. The Hall–Kier alpha value is -1.26. The zero-order chi connectivity index (χ0) is 14.7. The SMILES string of the molecule is O=C(CCCNCC1Cc2cc(Cl)ccc2O1)NC1CC1. The third-order valence-electron chi connectivity index (χ3n) is 3.84. The van der Waals surface area contributed by atoms with E-state index < -0.39 is 0 Å². The smallest absolute Gasteiger partial charge is 0.220 e. The molecule has 0 spiro atoms. The van der Waals surface area contributed by atoms with Gasteiger partial charge in [-0.05, 0) is 49.6 Å². The van der Waals surface area contributed by atoms with Crippen molar-refractivity contribution in [1.82, 2.24) is 10.6 Å². The second-order valence-corrected chi connectivity index (χ2v) is 6.28. The Morgan fingerprint density at radius 1 is 1.38 bits per heavy atom. The Kier molecular flexibility index (Phi) is 4.66. The van der Waals surface area contributed by atoms with Crippen LogP contribution in [0.2, 0.25) is 5.02 Å². The summed E-state index contributed by atoms with van der Waals surface area (Å²) in [6.45, 7) is 1.64. The standard InChI is InChI=1S/C16H21ClN2O2/c17-12-3-6-15-11(8-12)9-14(21-15)10-18-7-1-2-16(20)19-13-4-5-13/h3,6,8,13-14,18H,1-2,4-5,7,9-10H2,(H,19,20). The van der Waals surface area contributed by atoms with Gasteiger partial charge in [0, 0.05) is 30.5 Å². The van der Waals surface area contributed by atoms with Gasteiger partial charge in [-0.2, -0.15) is 0 Å². The lowest BCUT2D eigenvalue weighted by atomic mass is 10.1. The van der Waals surface area contributed by atoms with Crippen LogP contribution in [0.5, 0.6) is 5.75 Å². The number of amides is 1. The van der Waals surface area contributed by atoms with E-state index in [0.29, 0.717) is 12.5 Å². The van der Waals surface area contributed by atoms with Crippen LogP contribution in [0, 0.1) is 0 Å². The number of hydrogen-bond donors (Lipinski definition) is 2. The van der Waals surface area contributed by atoms with Crippen molar-refractivity contribution in [2.75, 3.05) is 13.1 Å². The lowest BCUT2D eigenvalue weighted by Crippen LogP contribution is -2.31. The van der Waals surface area contributed by atoms with E-state index >= 15 is 0 Å². The quantitative estimate of drug-likeness (QED) is 0.760. The Morgan fingerprint density at radius 3 is 3.05 bits per heavy atom. The van der Waals surface area contributed by atoms with Crippen LogP contribution >= 0.6 is 11.6 Å². The molecule has 0 bridgehead atoms. The summed E-state index contributed by atoms with van der Waals surface area (Å²) in [5.41, 5.74) is 1.18. The molecule has 0 aromatic heterocycles. The van der Waals surface area contributed by atoms with Crippen LogP contribution in [-0.2, 0) is 11.2 Å². The van der Waals surface area contributed by atoms with Gasteiger partial charge in [-0.15, -0.1) is 0 Å². The van der Waals surface area contributed by atoms with E-state index in [1.54, 1.807) is 0 Å². The van der Waals surface area contributed by atoms with E-state index in [1.807, 2.05) is 18.2 Å². The van der Waals surface area contributed by atoms with Crippen LogP contribution in [0.3, 0.4) is 0 Å². The molecule has 2 aliphatic rings. The molecule has 5 heteroatoms. The predicted octanol–water partition coefficient (Wildman–Crippen LogP) is 2.29. The molecule has 3 rings (SSSR count). The van der Waals surface area contributed by atoms with Crippen molar-refractivity contribution in [3.8, 4) is 5.75 Å². The van der Waals surface area contributed by atoms with Crippen LogP contribution in [0.25, 0.3) is 0 Å². The number of ether oxygens (including phenoxy) is 1. The van der Waals surface area contributed by atoms with Crippen LogP contribution < -0.4 is 15.4 Å². The number of carbonyl (C=O) groups excluding carboxylic acids is 1. The molecule has 1 unspecified atom stereocenters. The van der Waals surface area contributed by atoms with Gasteiger partial charge < -0.3 is 15.4 Å². The highest BCUT2D eigenvalue weighted by Crippen LogP contribution is 2.30. The average Bonchev–Trinajstić information content (AvgIpc) is 3.16. The molecule has 2 N–H and O–H groups in total. The van der Waals surface area contributed by atoms with E-state index in [1.165, 1.54) is 5.56 Å². The van der Waals surface area contributed by atoms with Gasteiger partial charge in [0.15, 0.2) is 0 Å². The largest absolute Gasteiger partial charge is 0.488 e. The first kappa shape index (κ1) is 14.7. The molecule has 1 fully saturated rings. The Bertz CT molecular complexity index is 517. The highest BCUT2D eigenvalue weighted by Gasteiger charge is 2.23. The van der Waals surface area contributed by atoms with E-state index in [4.69, 9.17) is 16.3 Å². The van der Waals surface area contributed by atoms with Gasteiger partial charge >= 0.3 is 0 Å². The lowest BCUT2D eigenvalue weighted by Gasteiger charge is -2.11. The summed E-state index contributed by atoms with van der Waals surface area (Å²) in [7, 11) is 0. The molecule has 1 heterocycles. The predicted molar refractivity (Wildman–Crippen MR) is 82.8 cm³/mol. The number of carbonyl (C=O) groups is 1. The van der Waals surface area contributed by atoms with Crippen molar-refractivity contribution >= 4 is 17.5 Å². The van der Waals surface area contributed by atoms with Crippen molar-refractivity contribution in [1.29, 1.82) is 0 Å². The van der Waals surface area contributed by atoms with Crippen LogP contribution in [0.15, 0.2) is 18.2 Å². The minimum atomic E-state index is 0.166. The molecule has 0 saturated heterocycles.